The second-order valence-electron chi connectivity index (χ2n) is 8.38. The highest BCUT2D eigenvalue weighted by Crippen LogP contribution is 2.16. The van der Waals surface area contributed by atoms with Gasteiger partial charge in [-0.15, -0.1) is 0 Å². The van der Waals surface area contributed by atoms with E-state index >= 15 is 0 Å². The number of nitrogens with one attached hydrogen (secondary N) is 1. The maximum Gasteiger partial charge on any atom is 0.311 e. The van der Waals surface area contributed by atoms with Gasteiger partial charge in [-0.2, -0.15) is 0 Å². The first kappa shape index (κ1) is 22.0. The number of unbranched alkanes of at least 4 members (excludes halogenated alkanes) is 8. The molecular weight excluding hydrogens is 312 g/mol. The molecule has 4 heteroatoms. The van der Waals surface area contributed by atoms with Crippen LogP contribution in [0.5, 0.6) is 0 Å². The van der Waals surface area contributed by atoms with Gasteiger partial charge >= 0.3 is 5.97 Å². The van der Waals surface area contributed by atoms with E-state index in [2.05, 4.69) is 17.2 Å². The van der Waals surface area contributed by atoms with E-state index in [0.29, 0.717) is 12.6 Å². The highest BCUT2D eigenvalue weighted by molar-refractivity contribution is 5.84. The number of ether oxygens (including phenoxy) is 1. The standard InChI is InChI=1S/C21H40N2O2/c1-5-6-7-8-9-10-11-12-13-14-19-22-17-18(23-19)15-16-25-20(24)21(2,3)4/h18H,5-17H2,1-4H3,(H,22,23). The van der Waals surface area contributed by atoms with Crippen molar-refractivity contribution >= 4 is 11.8 Å². The van der Waals surface area contributed by atoms with Crippen LogP contribution in [0.4, 0.5) is 0 Å². The highest BCUT2D eigenvalue weighted by atomic mass is 16.5. The van der Waals surface area contributed by atoms with Gasteiger partial charge in [0.25, 0.3) is 0 Å². The van der Waals surface area contributed by atoms with E-state index in [9.17, 15) is 4.79 Å². The molecule has 0 aromatic carbocycles. The molecular formula is C21H40N2O2. The molecule has 1 heterocycles. The van der Waals surface area contributed by atoms with E-state index < -0.39 is 5.41 Å². The number of esters is 1. The van der Waals surface area contributed by atoms with Crippen molar-refractivity contribution in [3.8, 4) is 0 Å². The summed E-state index contributed by atoms with van der Waals surface area (Å²) in [4.78, 5) is 16.3. The molecule has 0 spiro atoms. The molecule has 0 aliphatic carbocycles. The number of nitrogens with zero attached hydrogens (tertiary/aromatic N) is 1. The predicted molar refractivity (Wildman–Crippen MR) is 106 cm³/mol. The molecule has 1 atom stereocenters. The van der Waals surface area contributed by atoms with Crippen LogP contribution < -0.4 is 5.32 Å². The zero-order chi connectivity index (χ0) is 18.5. The molecule has 4 nitrogen and oxygen atoms in total. The highest BCUT2D eigenvalue weighted by Gasteiger charge is 2.24. The topological polar surface area (TPSA) is 50.7 Å². The molecule has 1 rings (SSSR count). The van der Waals surface area contributed by atoms with E-state index in [-0.39, 0.29) is 5.97 Å². The van der Waals surface area contributed by atoms with Crippen molar-refractivity contribution in [2.75, 3.05) is 13.2 Å². The van der Waals surface area contributed by atoms with E-state index in [4.69, 9.17) is 4.74 Å². The Bertz CT molecular complexity index is 399. The number of rotatable bonds is 13. The van der Waals surface area contributed by atoms with Gasteiger partial charge in [-0.05, 0) is 27.2 Å². The van der Waals surface area contributed by atoms with Crippen LogP contribution in [-0.2, 0) is 9.53 Å². The van der Waals surface area contributed by atoms with Gasteiger partial charge in [0.05, 0.1) is 30.4 Å². The Balaban J connectivity index is 1.96. The number of amidine groups is 1. The minimum absolute atomic E-state index is 0.124. The number of hydrogen-bond donors (Lipinski definition) is 1. The summed E-state index contributed by atoms with van der Waals surface area (Å²) in [5.74, 6) is 1.02. The monoisotopic (exact) mass is 352 g/mol. The summed E-state index contributed by atoms with van der Waals surface area (Å²) < 4.78 is 5.33. The van der Waals surface area contributed by atoms with E-state index in [1.165, 1.54) is 57.8 Å². The van der Waals surface area contributed by atoms with Crippen molar-refractivity contribution in [1.82, 2.24) is 5.32 Å². The Kier molecular flexibility index (Phi) is 10.8. The Labute approximate surface area is 155 Å². The molecule has 0 bridgehead atoms. The summed E-state index contributed by atoms with van der Waals surface area (Å²) in [6, 6.07) is 0.335. The minimum atomic E-state index is -0.416. The number of carbonyl (C=O) groups is 1. The molecule has 1 N–H and O–H groups in total. The average Bonchev–Trinajstić information content (AvgIpc) is 3.00. The van der Waals surface area contributed by atoms with Gasteiger partial charge in [0.2, 0.25) is 0 Å². The van der Waals surface area contributed by atoms with Gasteiger partial charge < -0.3 is 10.1 Å². The lowest BCUT2D eigenvalue weighted by Gasteiger charge is -2.18. The fourth-order valence-corrected chi connectivity index (χ4v) is 2.98. The number of hydrogen-bond acceptors (Lipinski definition) is 4. The van der Waals surface area contributed by atoms with E-state index in [1.807, 2.05) is 20.8 Å². The first-order valence-electron chi connectivity index (χ1n) is 10.4. The Hall–Kier alpha value is -1.06. The summed E-state index contributed by atoms with van der Waals surface area (Å²) in [5.41, 5.74) is -0.416. The van der Waals surface area contributed by atoms with E-state index in [1.54, 1.807) is 0 Å². The van der Waals surface area contributed by atoms with Gasteiger partial charge in [-0.25, -0.2) is 0 Å². The third kappa shape index (κ3) is 10.5. The molecule has 25 heavy (non-hydrogen) atoms. The van der Waals surface area contributed by atoms with Gasteiger partial charge in [0.15, 0.2) is 0 Å². The molecule has 0 aromatic rings. The van der Waals surface area contributed by atoms with Crippen LogP contribution in [0.25, 0.3) is 0 Å². The molecule has 1 aliphatic heterocycles. The lowest BCUT2D eigenvalue weighted by Crippen LogP contribution is -2.32. The van der Waals surface area contributed by atoms with E-state index in [0.717, 1.165) is 25.2 Å². The molecule has 0 aromatic heterocycles. The van der Waals surface area contributed by atoms with Crippen molar-refractivity contribution in [2.24, 2.45) is 10.4 Å². The normalized spacial score (nSPS) is 17.3. The maximum absolute atomic E-state index is 11.7. The second kappa shape index (κ2) is 12.3. The molecule has 0 saturated carbocycles. The minimum Gasteiger partial charge on any atom is -0.465 e. The van der Waals surface area contributed by atoms with Crippen molar-refractivity contribution in [1.29, 1.82) is 0 Å². The molecule has 146 valence electrons. The molecule has 0 amide bonds. The van der Waals surface area contributed by atoms with Crippen molar-refractivity contribution in [2.45, 2.75) is 104 Å². The summed E-state index contributed by atoms with van der Waals surface area (Å²) in [7, 11) is 0. The van der Waals surface area contributed by atoms with Crippen LogP contribution in [-0.4, -0.2) is 31.0 Å². The largest absolute Gasteiger partial charge is 0.465 e. The fourth-order valence-electron chi connectivity index (χ4n) is 2.98. The maximum atomic E-state index is 11.7. The SMILES string of the molecule is CCCCCCCCCCCC1=NCC(CCOC(=O)C(C)(C)C)N1. The van der Waals surface area contributed by atoms with Crippen LogP contribution >= 0.6 is 0 Å². The lowest BCUT2D eigenvalue weighted by atomic mass is 9.97. The van der Waals surface area contributed by atoms with Crippen LogP contribution in [0.3, 0.4) is 0 Å². The molecule has 1 unspecified atom stereocenters. The molecule has 1 aliphatic rings. The summed E-state index contributed by atoms with van der Waals surface area (Å²) >= 11 is 0. The molecule has 0 radical (unpaired) electrons. The van der Waals surface area contributed by atoms with Crippen LogP contribution in [0.15, 0.2) is 4.99 Å². The number of carbonyl (C=O) groups excluding carboxylic acids is 1. The zero-order valence-electron chi connectivity index (χ0n) is 17.0. The number of aliphatic imine (C=N–C) groups is 1. The Morgan fingerprint density at radius 3 is 2.28 bits per heavy atom. The van der Waals surface area contributed by atoms with Crippen molar-refractivity contribution in [3.05, 3.63) is 0 Å². The lowest BCUT2D eigenvalue weighted by molar-refractivity contribution is -0.153. The smallest absolute Gasteiger partial charge is 0.311 e. The van der Waals surface area contributed by atoms with Crippen molar-refractivity contribution < 1.29 is 9.53 Å². The van der Waals surface area contributed by atoms with Crippen LogP contribution in [0.1, 0.15) is 98.3 Å². The zero-order valence-corrected chi connectivity index (χ0v) is 17.0. The average molecular weight is 353 g/mol. The first-order valence-corrected chi connectivity index (χ1v) is 10.4. The van der Waals surface area contributed by atoms with Crippen molar-refractivity contribution in [3.63, 3.8) is 0 Å². The van der Waals surface area contributed by atoms with Gasteiger partial charge in [0.1, 0.15) is 0 Å². The summed E-state index contributed by atoms with van der Waals surface area (Å²) in [6.45, 7) is 9.22. The molecule has 0 saturated heterocycles. The summed E-state index contributed by atoms with van der Waals surface area (Å²) in [6.07, 6.45) is 14.1. The third-order valence-electron chi connectivity index (χ3n) is 4.70. The predicted octanol–water partition coefficient (Wildman–Crippen LogP) is 5.26. The fraction of sp³-hybridized carbons (Fsp3) is 0.905. The Morgan fingerprint density at radius 1 is 1.08 bits per heavy atom. The van der Waals surface area contributed by atoms with Crippen LogP contribution in [0, 0.1) is 5.41 Å². The Morgan fingerprint density at radius 2 is 1.68 bits per heavy atom. The first-order chi connectivity index (χ1) is 11.9. The van der Waals surface area contributed by atoms with Crippen LogP contribution in [0.2, 0.25) is 0 Å². The van der Waals surface area contributed by atoms with Gasteiger partial charge in [-0.3, -0.25) is 9.79 Å². The molecule has 0 fully saturated rings. The quantitative estimate of drug-likeness (QED) is 0.363. The van der Waals surface area contributed by atoms with Gasteiger partial charge in [-0.1, -0.05) is 58.3 Å². The third-order valence-corrected chi connectivity index (χ3v) is 4.70. The second-order valence-corrected chi connectivity index (χ2v) is 8.38. The van der Waals surface area contributed by atoms with Gasteiger partial charge in [0, 0.05) is 12.8 Å². The summed E-state index contributed by atoms with van der Waals surface area (Å²) in [5, 5.41) is 3.49.